The van der Waals surface area contributed by atoms with Gasteiger partial charge in [-0.1, -0.05) is 54.4 Å². The highest BCUT2D eigenvalue weighted by molar-refractivity contribution is 7.54. The lowest BCUT2D eigenvalue weighted by Crippen LogP contribution is -2.37. The van der Waals surface area contributed by atoms with Crippen molar-refractivity contribution in [2.45, 2.75) is 98.4 Å². The summed E-state index contributed by atoms with van der Waals surface area (Å²) in [5.74, 6) is 3.29. The highest BCUT2D eigenvalue weighted by atomic mass is 31.2. The van der Waals surface area contributed by atoms with Crippen LogP contribution in [0.3, 0.4) is 0 Å². The number of ether oxygens (including phenoxy) is 1. The zero-order chi connectivity index (χ0) is 20.5. The van der Waals surface area contributed by atoms with Gasteiger partial charge in [-0.2, -0.15) is 0 Å². The van der Waals surface area contributed by atoms with Crippen molar-refractivity contribution >= 4 is 7.60 Å². The van der Waals surface area contributed by atoms with E-state index in [9.17, 15) is 4.57 Å². The minimum Gasteiger partial charge on any atom is -0.372 e. The van der Waals surface area contributed by atoms with Crippen LogP contribution in [0, 0.1) is 35.5 Å². The molecule has 0 N–H and O–H groups in total. The van der Waals surface area contributed by atoms with Gasteiger partial charge in [0.05, 0.1) is 31.1 Å². The van der Waals surface area contributed by atoms with Crippen LogP contribution in [0.25, 0.3) is 0 Å². The molecule has 1 heterocycles. The molecule has 164 valence electrons. The predicted molar refractivity (Wildman–Crippen MR) is 115 cm³/mol. The van der Waals surface area contributed by atoms with Crippen molar-refractivity contribution in [2.75, 3.05) is 12.8 Å². The number of hydrogen-bond donors (Lipinski definition) is 0. The molecule has 0 spiro atoms. The number of rotatable bonds is 8. The Hall–Kier alpha value is 0.110. The Morgan fingerprint density at radius 1 is 0.857 bits per heavy atom. The molecule has 0 aromatic carbocycles. The largest absolute Gasteiger partial charge is 0.372 e. The van der Waals surface area contributed by atoms with Gasteiger partial charge in [-0.15, -0.1) is 0 Å². The molecule has 4 nitrogen and oxygen atoms in total. The van der Waals surface area contributed by atoms with Crippen LogP contribution in [0.2, 0.25) is 0 Å². The van der Waals surface area contributed by atoms with Crippen LogP contribution in [0.15, 0.2) is 0 Å². The lowest BCUT2D eigenvalue weighted by atomic mass is 9.75. The van der Waals surface area contributed by atoms with E-state index in [1.807, 2.05) is 0 Å². The van der Waals surface area contributed by atoms with E-state index < -0.39 is 7.60 Å². The summed E-state index contributed by atoms with van der Waals surface area (Å²) >= 11 is 0. The van der Waals surface area contributed by atoms with Crippen LogP contribution < -0.4 is 0 Å². The molecule has 0 aromatic rings. The molecule has 1 saturated heterocycles. The Labute approximate surface area is 173 Å². The van der Waals surface area contributed by atoms with Gasteiger partial charge in [0.25, 0.3) is 0 Å². The first kappa shape index (κ1) is 22.8. The molecule has 0 radical (unpaired) electrons. The van der Waals surface area contributed by atoms with Crippen LogP contribution in [0.4, 0.5) is 0 Å². The van der Waals surface area contributed by atoms with Crippen molar-refractivity contribution in [3.8, 4) is 0 Å². The summed E-state index contributed by atoms with van der Waals surface area (Å²) in [6, 6.07) is 0. The molecular formula is C23H43O4P. The first-order valence-corrected chi connectivity index (χ1v) is 13.5. The van der Waals surface area contributed by atoms with Crippen LogP contribution in [-0.2, 0) is 18.3 Å². The Kier molecular flexibility index (Phi) is 7.73. The standard InChI is InChI=1S/C23H43O4P/c1-15(2)20-9-7-17(5)11-22(20)26-28(24,14-19-13-25-19)27-23-12-18(6)8-10-21(23)16(3)4/h15-23H,7-14H2,1-6H3/t17-,18-,19-,20+,21+,22-,23-/m1/s1. The highest BCUT2D eigenvalue weighted by Gasteiger charge is 2.45. The highest BCUT2D eigenvalue weighted by Crippen LogP contribution is 2.57. The molecule has 0 unspecified atom stereocenters. The van der Waals surface area contributed by atoms with E-state index in [4.69, 9.17) is 13.8 Å². The molecule has 3 fully saturated rings. The van der Waals surface area contributed by atoms with Crippen LogP contribution in [-0.4, -0.2) is 31.1 Å². The van der Waals surface area contributed by atoms with Crippen molar-refractivity contribution in [3.05, 3.63) is 0 Å². The Morgan fingerprint density at radius 2 is 1.29 bits per heavy atom. The zero-order valence-electron chi connectivity index (χ0n) is 18.9. The molecule has 0 amide bonds. The van der Waals surface area contributed by atoms with Crippen molar-refractivity contribution in [3.63, 3.8) is 0 Å². The average Bonchev–Trinajstić information content (AvgIpc) is 3.37. The summed E-state index contributed by atoms with van der Waals surface area (Å²) < 4.78 is 32.5. The molecular weight excluding hydrogens is 371 g/mol. The van der Waals surface area contributed by atoms with Crippen molar-refractivity contribution in [1.82, 2.24) is 0 Å². The fourth-order valence-corrected chi connectivity index (χ4v) is 7.66. The molecule has 28 heavy (non-hydrogen) atoms. The van der Waals surface area contributed by atoms with Gasteiger partial charge in [-0.25, -0.2) is 0 Å². The summed E-state index contributed by atoms with van der Waals surface area (Å²) in [5, 5.41) is 0. The summed E-state index contributed by atoms with van der Waals surface area (Å²) in [6.45, 7) is 14.4. The number of hydrogen-bond acceptors (Lipinski definition) is 4. The maximum Gasteiger partial charge on any atom is 0.333 e. The SMILES string of the molecule is CC(C)[C@@H]1CC[C@@H](C)C[C@H]1OP(=O)(C[C@H]1CO1)O[C@@H]1C[C@H](C)CC[C@H]1C(C)C. The second-order valence-electron chi connectivity index (χ2n) is 10.7. The summed E-state index contributed by atoms with van der Waals surface area (Å²) in [6.07, 6.45) is 7.40. The van der Waals surface area contributed by atoms with Gasteiger partial charge in [0.1, 0.15) is 0 Å². The third-order valence-electron chi connectivity index (χ3n) is 7.34. The van der Waals surface area contributed by atoms with Gasteiger partial charge in [0.2, 0.25) is 0 Å². The lowest BCUT2D eigenvalue weighted by Gasteiger charge is -2.41. The molecule has 7 atom stereocenters. The molecule has 5 heteroatoms. The van der Waals surface area contributed by atoms with Crippen LogP contribution in [0.5, 0.6) is 0 Å². The Morgan fingerprint density at radius 3 is 1.64 bits per heavy atom. The topological polar surface area (TPSA) is 48.1 Å². The molecule has 2 aliphatic carbocycles. The van der Waals surface area contributed by atoms with Gasteiger partial charge >= 0.3 is 7.60 Å². The zero-order valence-corrected chi connectivity index (χ0v) is 19.8. The monoisotopic (exact) mass is 414 g/mol. The molecule has 1 aliphatic heterocycles. The second kappa shape index (κ2) is 9.50. The van der Waals surface area contributed by atoms with E-state index in [-0.39, 0.29) is 18.3 Å². The molecule has 2 saturated carbocycles. The van der Waals surface area contributed by atoms with Gasteiger partial charge in [-0.05, 0) is 61.2 Å². The maximum absolute atomic E-state index is 14.0. The van der Waals surface area contributed by atoms with Gasteiger partial charge in [0.15, 0.2) is 0 Å². The van der Waals surface area contributed by atoms with E-state index in [0.29, 0.717) is 48.3 Å². The van der Waals surface area contributed by atoms with Crippen molar-refractivity contribution in [1.29, 1.82) is 0 Å². The van der Waals surface area contributed by atoms with Gasteiger partial charge < -0.3 is 13.8 Å². The van der Waals surface area contributed by atoms with E-state index in [0.717, 1.165) is 12.8 Å². The summed E-state index contributed by atoms with van der Waals surface area (Å²) in [4.78, 5) is 0. The van der Waals surface area contributed by atoms with E-state index in [2.05, 4.69) is 41.5 Å². The fourth-order valence-electron chi connectivity index (χ4n) is 5.42. The van der Waals surface area contributed by atoms with E-state index >= 15 is 0 Å². The molecule has 0 aromatic heterocycles. The quantitative estimate of drug-likeness (QED) is 0.334. The first-order valence-electron chi connectivity index (χ1n) is 11.7. The Bertz CT molecular complexity index is 507. The van der Waals surface area contributed by atoms with Gasteiger partial charge in [-0.3, -0.25) is 4.57 Å². The van der Waals surface area contributed by atoms with Crippen molar-refractivity contribution in [2.24, 2.45) is 35.5 Å². The van der Waals surface area contributed by atoms with Crippen molar-refractivity contribution < 1.29 is 18.3 Å². The second-order valence-corrected chi connectivity index (χ2v) is 12.7. The minimum absolute atomic E-state index is 0.0480. The third-order valence-corrected chi connectivity index (χ3v) is 9.38. The lowest BCUT2D eigenvalue weighted by molar-refractivity contribution is -0.00372. The summed E-state index contributed by atoms with van der Waals surface area (Å²) in [5.41, 5.74) is 0. The third kappa shape index (κ3) is 6.06. The normalized spacial score (nSPS) is 39.5. The predicted octanol–water partition coefficient (Wildman–Crippen LogP) is 6.53. The minimum atomic E-state index is -3.18. The van der Waals surface area contributed by atoms with Gasteiger partial charge in [0, 0.05) is 0 Å². The average molecular weight is 415 g/mol. The molecule has 3 rings (SSSR count). The Balaban J connectivity index is 1.76. The summed E-state index contributed by atoms with van der Waals surface area (Å²) in [7, 11) is -3.18. The van der Waals surface area contributed by atoms with E-state index in [1.165, 1.54) is 25.7 Å². The van der Waals surface area contributed by atoms with Crippen LogP contribution >= 0.6 is 7.60 Å². The van der Waals surface area contributed by atoms with Crippen LogP contribution in [0.1, 0.15) is 80.1 Å². The smallest absolute Gasteiger partial charge is 0.333 e. The fraction of sp³-hybridized carbons (Fsp3) is 1.00. The first-order chi connectivity index (χ1) is 13.2. The molecule has 0 bridgehead atoms. The number of epoxide rings is 1. The molecule has 3 aliphatic rings. The maximum atomic E-state index is 14.0. The van der Waals surface area contributed by atoms with E-state index in [1.54, 1.807) is 0 Å².